The molecule has 0 heterocycles. The molecule has 5 nitrogen and oxygen atoms in total. The van der Waals surface area contributed by atoms with Crippen LogP contribution < -0.4 is 5.32 Å². The van der Waals surface area contributed by atoms with Crippen LogP contribution in [-0.4, -0.2) is 25.4 Å². The summed E-state index contributed by atoms with van der Waals surface area (Å²) in [6.07, 6.45) is 0.929. The van der Waals surface area contributed by atoms with E-state index in [2.05, 4.69) is 5.32 Å². The summed E-state index contributed by atoms with van der Waals surface area (Å²) in [6, 6.07) is 9.29. The average Bonchev–Trinajstić information content (AvgIpc) is 2.41. The monoisotopic (exact) mass is 262 g/mol. The van der Waals surface area contributed by atoms with E-state index < -0.39 is 5.97 Å². The van der Waals surface area contributed by atoms with E-state index in [0.717, 1.165) is 11.9 Å². The second-order valence-electron chi connectivity index (χ2n) is 3.53. The molecule has 0 aliphatic rings. The van der Waals surface area contributed by atoms with Gasteiger partial charge in [0.15, 0.2) is 0 Å². The molecule has 19 heavy (non-hydrogen) atoms. The molecule has 0 radical (unpaired) electrons. The summed E-state index contributed by atoms with van der Waals surface area (Å²) in [5.74, 6) is -0.355. The number of ether oxygens (including phenoxy) is 2. The Hall–Kier alpha value is -2.30. The first kappa shape index (κ1) is 14.8. The van der Waals surface area contributed by atoms with Crippen molar-refractivity contribution in [3.63, 3.8) is 0 Å². The number of para-hydroxylation sites is 1. The molecule has 0 bridgehead atoms. The van der Waals surface area contributed by atoms with Crippen LogP contribution in [0.3, 0.4) is 0 Å². The zero-order valence-corrected chi connectivity index (χ0v) is 11.1. The van der Waals surface area contributed by atoms with E-state index >= 15 is 0 Å². The minimum absolute atomic E-state index is 0.0625. The second kappa shape index (κ2) is 7.92. The predicted molar refractivity (Wildman–Crippen MR) is 74.1 cm³/mol. The third-order valence-corrected chi connectivity index (χ3v) is 2.20. The topological polar surface area (TPSA) is 71.4 Å². The van der Waals surface area contributed by atoms with Crippen molar-refractivity contribution in [1.82, 2.24) is 0 Å². The van der Waals surface area contributed by atoms with Crippen molar-refractivity contribution in [3.05, 3.63) is 41.8 Å². The van der Waals surface area contributed by atoms with Gasteiger partial charge in [0.05, 0.1) is 13.2 Å². The molecule has 1 aromatic rings. The van der Waals surface area contributed by atoms with E-state index in [1.165, 1.54) is 0 Å². The number of carbonyl (C=O) groups excluding carboxylic acids is 1. The molecule has 0 aliphatic heterocycles. The number of anilines is 1. The van der Waals surface area contributed by atoms with Gasteiger partial charge in [-0.15, -0.1) is 0 Å². The number of hydrogen-bond donors (Lipinski definition) is 2. The Morgan fingerprint density at radius 1 is 1.21 bits per heavy atom. The Morgan fingerprint density at radius 3 is 2.37 bits per heavy atom. The van der Waals surface area contributed by atoms with Crippen LogP contribution in [0.4, 0.5) is 5.69 Å². The van der Waals surface area contributed by atoms with Crippen molar-refractivity contribution >= 4 is 17.9 Å². The van der Waals surface area contributed by atoms with Gasteiger partial charge in [-0.3, -0.25) is 0 Å². The molecule has 0 unspecified atom stereocenters. The summed E-state index contributed by atoms with van der Waals surface area (Å²) in [5.41, 5.74) is 0.835. The van der Waals surface area contributed by atoms with Crippen LogP contribution in [0.2, 0.25) is 0 Å². The van der Waals surface area contributed by atoms with Crippen LogP contribution in [0.25, 0.3) is 0 Å². The zero-order valence-electron chi connectivity index (χ0n) is 11.1. The molecular formula is C14H18N2O3. The van der Waals surface area contributed by atoms with Crippen molar-refractivity contribution in [3.8, 4) is 0 Å². The molecule has 2 N–H and O–H groups in total. The first-order valence-corrected chi connectivity index (χ1v) is 6.09. The van der Waals surface area contributed by atoms with E-state index in [1.54, 1.807) is 13.8 Å². The molecule has 0 saturated carbocycles. The predicted octanol–water partition coefficient (Wildman–Crippen LogP) is 2.56. The van der Waals surface area contributed by atoms with Gasteiger partial charge in [-0.2, -0.15) is 0 Å². The number of benzene rings is 1. The molecule has 102 valence electrons. The average molecular weight is 262 g/mol. The highest BCUT2D eigenvalue weighted by Crippen LogP contribution is 2.13. The number of rotatable bonds is 7. The fourth-order valence-electron chi connectivity index (χ4n) is 1.40. The molecule has 0 aromatic heterocycles. The van der Waals surface area contributed by atoms with Gasteiger partial charge < -0.3 is 20.2 Å². The van der Waals surface area contributed by atoms with Crippen molar-refractivity contribution in [2.24, 2.45) is 0 Å². The highest BCUT2D eigenvalue weighted by atomic mass is 16.5. The maximum atomic E-state index is 11.7. The summed E-state index contributed by atoms with van der Waals surface area (Å²) in [5, 5.41) is 10.3. The normalized spacial score (nSPS) is 11.3. The lowest BCUT2D eigenvalue weighted by molar-refractivity contribution is -0.138. The van der Waals surface area contributed by atoms with Crippen molar-refractivity contribution in [2.45, 2.75) is 13.8 Å². The Kier molecular flexibility index (Phi) is 6.15. The van der Waals surface area contributed by atoms with E-state index in [4.69, 9.17) is 14.9 Å². The molecule has 0 spiro atoms. The fourth-order valence-corrected chi connectivity index (χ4v) is 1.40. The first-order chi connectivity index (χ1) is 9.22. The first-order valence-electron chi connectivity index (χ1n) is 6.09. The van der Waals surface area contributed by atoms with Gasteiger partial charge in [-0.25, -0.2) is 4.79 Å². The maximum absolute atomic E-state index is 11.7. The highest BCUT2D eigenvalue weighted by Gasteiger charge is 2.16. The molecule has 0 saturated heterocycles. The summed E-state index contributed by atoms with van der Waals surface area (Å²) >= 11 is 0. The minimum Gasteiger partial charge on any atom is -0.479 e. The summed E-state index contributed by atoms with van der Waals surface area (Å²) < 4.78 is 10.3. The molecule has 0 amide bonds. The SMILES string of the molecule is CCOC(=O)/C(C=N)=C(/Nc1ccccc1)OCC. The van der Waals surface area contributed by atoms with Crippen molar-refractivity contribution < 1.29 is 14.3 Å². The Morgan fingerprint density at radius 2 is 1.84 bits per heavy atom. The molecule has 5 heteroatoms. The van der Waals surface area contributed by atoms with Gasteiger partial charge in [-0.05, 0) is 26.0 Å². The lowest BCUT2D eigenvalue weighted by Crippen LogP contribution is -2.17. The van der Waals surface area contributed by atoms with Crippen molar-refractivity contribution in [1.29, 1.82) is 5.41 Å². The van der Waals surface area contributed by atoms with Crippen LogP contribution in [0, 0.1) is 5.41 Å². The van der Waals surface area contributed by atoms with E-state index in [-0.39, 0.29) is 18.1 Å². The lowest BCUT2D eigenvalue weighted by Gasteiger charge is -2.14. The van der Waals surface area contributed by atoms with Gasteiger partial charge >= 0.3 is 5.97 Å². The molecule has 0 atom stereocenters. The van der Waals surface area contributed by atoms with Gasteiger partial charge in [0, 0.05) is 11.9 Å². The van der Waals surface area contributed by atoms with Gasteiger partial charge in [0.2, 0.25) is 5.88 Å². The number of carbonyl (C=O) groups is 1. The van der Waals surface area contributed by atoms with Crippen LogP contribution >= 0.6 is 0 Å². The number of esters is 1. The highest BCUT2D eigenvalue weighted by molar-refractivity contribution is 6.09. The zero-order chi connectivity index (χ0) is 14.1. The Labute approximate surface area is 112 Å². The van der Waals surface area contributed by atoms with Crippen LogP contribution in [0.1, 0.15) is 13.8 Å². The van der Waals surface area contributed by atoms with Crippen LogP contribution in [0.5, 0.6) is 0 Å². The fraction of sp³-hybridized carbons (Fsp3) is 0.286. The standard InChI is InChI=1S/C14H18N2O3/c1-3-18-13(12(10-15)14(17)19-4-2)16-11-8-6-5-7-9-11/h5-10,15-16H,3-4H2,1-2H3/b13-12-,15-10?. The number of nitrogens with one attached hydrogen (secondary N) is 2. The van der Waals surface area contributed by atoms with Crippen molar-refractivity contribution in [2.75, 3.05) is 18.5 Å². The number of hydrogen-bond acceptors (Lipinski definition) is 5. The van der Waals surface area contributed by atoms with Gasteiger partial charge in [0.25, 0.3) is 0 Å². The van der Waals surface area contributed by atoms with E-state index in [1.807, 2.05) is 30.3 Å². The third-order valence-electron chi connectivity index (χ3n) is 2.20. The van der Waals surface area contributed by atoms with Gasteiger partial charge in [0.1, 0.15) is 5.57 Å². The van der Waals surface area contributed by atoms with E-state index in [9.17, 15) is 4.79 Å². The van der Waals surface area contributed by atoms with Gasteiger partial charge in [-0.1, -0.05) is 18.2 Å². The van der Waals surface area contributed by atoms with Crippen LogP contribution in [0.15, 0.2) is 41.8 Å². The minimum atomic E-state index is -0.579. The summed E-state index contributed by atoms with van der Waals surface area (Å²) in [6.45, 7) is 4.15. The van der Waals surface area contributed by atoms with E-state index in [0.29, 0.717) is 6.61 Å². The summed E-state index contributed by atoms with van der Waals surface area (Å²) in [7, 11) is 0. The summed E-state index contributed by atoms with van der Waals surface area (Å²) in [4.78, 5) is 11.7. The molecule has 0 fully saturated rings. The van der Waals surface area contributed by atoms with Crippen LogP contribution in [-0.2, 0) is 14.3 Å². The maximum Gasteiger partial charge on any atom is 0.345 e. The lowest BCUT2D eigenvalue weighted by atomic mass is 10.2. The smallest absolute Gasteiger partial charge is 0.345 e. The Bertz CT molecular complexity index is 455. The second-order valence-corrected chi connectivity index (χ2v) is 3.53. The Balaban J connectivity index is 3.01. The largest absolute Gasteiger partial charge is 0.479 e. The molecule has 1 rings (SSSR count). The quantitative estimate of drug-likeness (QED) is 0.343. The molecule has 1 aromatic carbocycles. The third kappa shape index (κ3) is 4.46. The molecular weight excluding hydrogens is 244 g/mol. The molecule has 0 aliphatic carbocycles.